The van der Waals surface area contributed by atoms with Crippen molar-refractivity contribution in [2.75, 3.05) is 0 Å². The molecule has 0 rings (SSSR count). The second kappa shape index (κ2) is 3.25. The molecule has 0 aliphatic heterocycles. The maximum absolute atomic E-state index is 8.00. The average Bonchev–Trinajstić information content (AvgIpc) is 1.63. The lowest BCUT2D eigenvalue weighted by Crippen LogP contribution is -2.22. The third kappa shape index (κ3) is 7.18. The van der Waals surface area contributed by atoms with Crippen LogP contribution in [0.2, 0.25) is 19.6 Å². The highest BCUT2D eigenvalue weighted by Crippen LogP contribution is 2.01. The van der Waals surface area contributed by atoms with E-state index in [9.17, 15) is 0 Å². The van der Waals surface area contributed by atoms with E-state index in [2.05, 4.69) is 5.16 Å². The Morgan fingerprint density at radius 1 is 1.56 bits per heavy atom. The van der Waals surface area contributed by atoms with Crippen molar-refractivity contribution in [3.05, 3.63) is 0 Å². The first-order valence-corrected chi connectivity index (χ1v) is 6.07. The van der Waals surface area contributed by atoms with Gasteiger partial charge in [-0.05, 0) is 19.6 Å². The Balaban J connectivity index is 3.54. The van der Waals surface area contributed by atoms with Crippen molar-refractivity contribution in [3.63, 3.8) is 0 Å². The molecule has 3 nitrogen and oxygen atoms in total. The highest BCUT2D eigenvalue weighted by molar-refractivity contribution is 6.69. The molecule has 0 saturated heterocycles. The molecule has 0 amide bonds. The van der Waals surface area contributed by atoms with Crippen LogP contribution in [0.3, 0.4) is 0 Å². The smallest absolute Gasteiger partial charge is 0.278 e. The minimum atomic E-state index is -1.54. The summed E-state index contributed by atoms with van der Waals surface area (Å²) < 4.78 is 4.96. The van der Waals surface area contributed by atoms with Crippen molar-refractivity contribution in [1.29, 1.82) is 5.26 Å². The first kappa shape index (κ1) is 8.18. The number of nitriles is 1. The Morgan fingerprint density at radius 3 is 2.44 bits per heavy atom. The standard InChI is InChI=1S/C5H10N2OSi/c1-9(2,3)8-7-5-4-6/h5H,1-3H3/b7-5+. The maximum Gasteiger partial charge on any atom is 0.278 e. The Labute approximate surface area is 56.1 Å². The summed E-state index contributed by atoms with van der Waals surface area (Å²) in [6.45, 7) is 6.01. The summed E-state index contributed by atoms with van der Waals surface area (Å²) in [6, 6.07) is 1.75. The molecule has 0 aromatic carbocycles. The molecule has 0 unspecified atom stereocenters. The van der Waals surface area contributed by atoms with Gasteiger partial charge in [0, 0.05) is 0 Å². The molecule has 4 heteroatoms. The highest BCUT2D eigenvalue weighted by Gasteiger charge is 2.14. The zero-order valence-corrected chi connectivity index (χ0v) is 6.88. The van der Waals surface area contributed by atoms with Crippen molar-refractivity contribution >= 4 is 14.5 Å². The molecule has 0 spiro atoms. The molecule has 0 N–H and O–H groups in total. The predicted molar refractivity (Wildman–Crippen MR) is 38.5 cm³/mol. The van der Waals surface area contributed by atoms with E-state index in [1.807, 2.05) is 19.6 Å². The van der Waals surface area contributed by atoms with Crippen LogP contribution in [-0.4, -0.2) is 14.5 Å². The third-order valence-electron chi connectivity index (χ3n) is 0.437. The average molecular weight is 142 g/mol. The minimum Gasteiger partial charge on any atom is -0.455 e. The zero-order valence-electron chi connectivity index (χ0n) is 5.88. The van der Waals surface area contributed by atoms with E-state index in [0.29, 0.717) is 0 Å². The first-order valence-electron chi connectivity index (χ1n) is 2.66. The number of nitrogens with zero attached hydrogens (tertiary/aromatic N) is 2. The fraction of sp³-hybridized carbons (Fsp3) is 0.600. The van der Waals surface area contributed by atoms with Gasteiger partial charge in [0.15, 0.2) is 0 Å². The van der Waals surface area contributed by atoms with E-state index >= 15 is 0 Å². The summed E-state index contributed by atoms with van der Waals surface area (Å²) in [5, 5.41) is 11.4. The second-order valence-electron chi connectivity index (χ2n) is 2.57. The Hall–Kier alpha value is -0.823. The van der Waals surface area contributed by atoms with Gasteiger partial charge in [0.2, 0.25) is 0 Å². The molecule has 0 aromatic heterocycles. The van der Waals surface area contributed by atoms with E-state index in [1.54, 1.807) is 6.07 Å². The normalized spacial score (nSPS) is 11.3. The van der Waals surface area contributed by atoms with Crippen molar-refractivity contribution < 1.29 is 4.53 Å². The van der Waals surface area contributed by atoms with Crippen LogP contribution in [0.4, 0.5) is 0 Å². The molecule has 0 aliphatic rings. The molecule has 0 radical (unpaired) electrons. The lowest BCUT2D eigenvalue weighted by molar-refractivity contribution is 0.338. The summed E-state index contributed by atoms with van der Waals surface area (Å²) in [6.07, 6.45) is 1.10. The van der Waals surface area contributed by atoms with Crippen LogP contribution in [0.25, 0.3) is 0 Å². The van der Waals surface area contributed by atoms with Crippen molar-refractivity contribution in [1.82, 2.24) is 0 Å². The molecule has 0 atom stereocenters. The van der Waals surface area contributed by atoms with Crippen LogP contribution < -0.4 is 0 Å². The Morgan fingerprint density at radius 2 is 2.11 bits per heavy atom. The molecule has 0 heterocycles. The van der Waals surface area contributed by atoms with Gasteiger partial charge in [0.25, 0.3) is 8.32 Å². The largest absolute Gasteiger partial charge is 0.455 e. The zero-order chi connectivity index (χ0) is 7.33. The predicted octanol–water partition coefficient (Wildman–Crippen LogP) is 1.35. The molecule has 9 heavy (non-hydrogen) atoms. The highest BCUT2D eigenvalue weighted by atomic mass is 28.4. The fourth-order valence-corrected chi connectivity index (χ4v) is 0.577. The first-order chi connectivity index (χ1) is 4.06. The van der Waals surface area contributed by atoms with E-state index in [4.69, 9.17) is 9.79 Å². The van der Waals surface area contributed by atoms with Gasteiger partial charge in [-0.25, -0.2) is 0 Å². The van der Waals surface area contributed by atoms with Crippen molar-refractivity contribution in [2.24, 2.45) is 5.16 Å². The van der Waals surface area contributed by atoms with Gasteiger partial charge >= 0.3 is 0 Å². The summed E-state index contributed by atoms with van der Waals surface area (Å²) in [4.78, 5) is 0. The van der Waals surface area contributed by atoms with E-state index in [0.717, 1.165) is 6.21 Å². The van der Waals surface area contributed by atoms with Crippen LogP contribution in [0.15, 0.2) is 5.16 Å². The molecule has 0 saturated carbocycles. The summed E-state index contributed by atoms with van der Waals surface area (Å²) in [5.41, 5.74) is 0. The van der Waals surface area contributed by atoms with Crippen molar-refractivity contribution in [2.45, 2.75) is 19.6 Å². The minimum absolute atomic E-state index is 1.10. The Kier molecular flexibility index (Phi) is 2.95. The topological polar surface area (TPSA) is 45.4 Å². The van der Waals surface area contributed by atoms with E-state index in [-0.39, 0.29) is 0 Å². The van der Waals surface area contributed by atoms with Gasteiger partial charge in [-0.15, -0.1) is 0 Å². The van der Waals surface area contributed by atoms with Gasteiger partial charge in [-0.2, -0.15) is 5.26 Å². The van der Waals surface area contributed by atoms with Crippen LogP contribution in [0, 0.1) is 11.3 Å². The van der Waals surface area contributed by atoms with Gasteiger partial charge in [0.05, 0.1) is 0 Å². The number of hydrogen-bond acceptors (Lipinski definition) is 3. The summed E-state index contributed by atoms with van der Waals surface area (Å²) in [7, 11) is -1.54. The van der Waals surface area contributed by atoms with Crippen LogP contribution in [0.1, 0.15) is 0 Å². The maximum atomic E-state index is 8.00. The Bertz CT molecular complexity index is 142. The van der Waals surface area contributed by atoms with E-state index in [1.165, 1.54) is 0 Å². The van der Waals surface area contributed by atoms with E-state index < -0.39 is 8.32 Å². The fourth-order valence-electron chi connectivity index (χ4n) is 0.208. The van der Waals surface area contributed by atoms with Gasteiger partial charge in [-0.3, -0.25) is 0 Å². The monoisotopic (exact) mass is 142 g/mol. The third-order valence-corrected chi connectivity index (χ3v) is 1.09. The quantitative estimate of drug-likeness (QED) is 0.332. The number of oxime groups is 1. The SMILES string of the molecule is C[Si](C)(C)O/N=C/C#N. The molecular weight excluding hydrogens is 132 g/mol. The number of hydrogen-bond donors (Lipinski definition) is 0. The molecule has 0 fully saturated rings. The van der Waals surface area contributed by atoms with Gasteiger partial charge in [0.1, 0.15) is 12.3 Å². The second-order valence-corrected chi connectivity index (χ2v) is 6.97. The molecule has 0 bridgehead atoms. The summed E-state index contributed by atoms with van der Waals surface area (Å²) >= 11 is 0. The summed E-state index contributed by atoms with van der Waals surface area (Å²) in [5.74, 6) is 0. The lowest BCUT2D eigenvalue weighted by Gasteiger charge is -2.10. The van der Waals surface area contributed by atoms with Crippen molar-refractivity contribution in [3.8, 4) is 6.07 Å². The van der Waals surface area contributed by atoms with Gasteiger partial charge < -0.3 is 4.53 Å². The van der Waals surface area contributed by atoms with Gasteiger partial charge in [-0.1, -0.05) is 5.16 Å². The van der Waals surface area contributed by atoms with Crippen LogP contribution >= 0.6 is 0 Å². The molecule has 0 aromatic rings. The van der Waals surface area contributed by atoms with Crippen LogP contribution in [0.5, 0.6) is 0 Å². The number of rotatable bonds is 2. The molecule has 0 aliphatic carbocycles. The molecule has 50 valence electrons. The molecular formula is C5H10N2OSi. The van der Waals surface area contributed by atoms with Crippen LogP contribution in [-0.2, 0) is 4.53 Å². The lowest BCUT2D eigenvalue weighted by atomic mass is 10.9.